The van der Waals surface area contributed by atoms with E-state index in [4.69, 9.17) is 23.7 Å². The highest BCUT2D eigenvalue weighted by Gasteiger charge is 2.29. The number of nitrogens with zero attached hydrogens (tertiary/aromatic N) is 1. The Bertz CT molecular complexity index is 706. The van der Waals surface area contributed by atoms with Gasteiger partial charge in [0.2, 0.25) is 5.91 Å². The van der Waals surface area contributed by atoms with Crippen molar-refractivity contribution in [2.45, 2.75) is 39.3 Å². The highest BCUT2D eigenvalue weighted by Crippen LogP contribution is 2.20. The Morgan fingerprint density at radius 3 is 1.97 bits per heavy atom. The first-order valence-electron chi connectivity index (χ1n) is 11.5. The van der Waals surface area contributed by atoms with Gasteiger partial charge in [0.15, 0.2) is 0 Å². The molecule has 0 fully saturated rings. The van der Waals surface area contributed by atoms with Crippen molar-refractivity contribution in [1.82, 2.24) is 10.2 Å². The van der Waals surface area contributed by atoms with E-state index in [1.54, 1.807) is 44.9 Å². The lowest BCUT2D eigenvalue weighted by molar-refractivity contribution is -0.134. The van der Waals surface area contributed by atoms with Gasteiger partial charge in [0.05, 0.1) is 46.2 Å². The number of likely N-dealkylation sites (N-methyl/N-ethyl adjacent to an activating group) is 1. The minimum absolute atomic E-state index is 0.0664. The van der Waals surface area contributed by atoms with Crippen molar-refractivity contribution in [1.29, 1.82) is 0 Å². The lowest BCUT2D eigenvalue weighted by Gasteiger charge is -2.28. The molecule has 0 spiro atoms. The van der Waals surface area contributed by atoms with Gasteiger partial charge in [0.25, 0.3) is 0 Å². The van der Waals surface area contributed by atoms with E-state index in [0.717, 1.165) is 0 Å². The quantitative estimate of drug-likeness (QED) is 0.344. The van der Waals surface area contributed by atoms with E-state index in [1.165, 1.54) is 12.1 Å². The molecule has 0 aromatic heterocycles. The average molecular weight is 485 g/mol. The molecule has 194 valence electrons. The maximum atomic E-state index is 13.3. The van der Waals surface area contributed by atoms with Crippen molar-refractivity contribution >= 4 is 12.0 Å². The molecule has 0 saturated heterocycles. The van der Waals surface area contributed by atoms with E-state index < -0.39 is 17.7 Å². The molecule has 34 heavy (non-hydrogen) atoms. The van der Waals surface area contributed by atoms with Gasteiger partial charge in [0, 0.05) is 20.2 Å². The number of rotatable bonds is 16. The molecule has 0 aliphatic carbocycles. The molecular formula is C24H40N2O8. The number of ether oxygens (including phenoxy) is 5. The van der Waals surface area contributed by atoms with Crippen LogP contribution in [0.3, 0.4) is 0 Å². The van der Waals surface area contributed by atoms with E-state index in [-0.39, 0.29) is 11.7 Å². The molecule has 1 unspecified atom stereocenters. The summed E-state index contributed by atoms with van der Waals surface area (Å²) in [7, 11) is 1.62. The minimum Gasteiger partial charge on any atom is -0.508 e. The summed E-state index contributed by atoms with van der Waals surface area (Å²) in [4.78, 5) is 27.2. The number of methoxy groups -OCH3 is 1. The Labute approximate surface area is 202 Å². The molecule has 0 aliphatic rings. The van der Waals surface area contributed by atoms with E-state index in [0.29, 0.717) is 64.9 Å². The Morgan fingerprint density at radius 2 is 1.47 bits per heavy atom. The maximum Gasteiger partial charge on any atom is 0.408 e. The van der Waals surface area contributed by atoms with Crippen LogP contribution < -0.4 is 5.32 Å². The molecular weight excluding hydrogens is 444 g/mol. The first kappa shape index (κ1) is 29.6. The largest absolute Gasteiger partial charge is 0.508 e. The third-order valence-electron chi connectivity index (χ3n) is 4.51. The van der Waals surface area contributed by atoms with Crippen molar-refractivity contribution in [3.63, 3.8) is 0 Å². The molecule has 0 bridgehead atoms. The van der Waals surface area contributed by atoms with Crippen molar-refractivity contribution < 1.29 is 38.4 Å². The van der Waals surface area contributed by atoms with Crippen LogP contribution in [0.15, 0.2) is 24.3 Å². The van der Waals surface area contributed by atoms with Crippen LogP contribution in [0.2, 0.25) is 0 Å². The Morgan fingerprint density at radius 1 is 0.941 bits per heavy atom. The number of aromatic hydroxyl groups is 1. The Hall–Kier alpha value is -2.40. The van der Waals surface area contributed by atoms with Crippen LogP contribution in [0.1, 0.15) is 39.3 Å². The summed E-state index contributed by atoms with van der Waals surface area (Å²) >= 11 is 0. The minimum atomic E-state index is -0.961. The van der Waals surface area contributed by atoms with Crippen molar-refractivity contribution in [3.05, 3.63) is 29.8 Å². The number of benzene rings is 1. The first-order chi connectivity index (χ1) is 16.2. The number of alkyl carbamates (subject to hydrolysis) is 1. The molecule has 0 radical (unpaired) electrons. The van der Waals surface area contributed by atoms with Gasteiger partial charge in [-0.2, -0.15) is 0 Å². The van der Waals surface area contributed by atoms with Gasteiger partial charge in [0.1, 0.15) is 17.4 Å². The Kier molecular flexibility index (Phi) is 14.2. The highest BCUT2D eigenvalue weighted by atomic mass is 16.6. The van der Waals surface area contributed by atoms with Crippen LogP contribution in [-0.4, -0.2) is 94.1 Å². The zero-order valence-corrected chi connectivity index (χ0v) is 21.0. The molecule has 0 saturated carbocycles. The first-order valence-corrected chi connectivity index (χ1v) is 11.5. The third kappa shape index (κ3) is 12.7. The predicted molar refractivity (Wildman–Crippen MR) is 127 cm³/mol. The van der Waals surface area contributed by atoms with Gasteiger partial charge < -0.3 is 39.0 Å². The molecule has 0 aliphatic heterocycles. The van der Waals surface area contributed by atoms with Crippen LogP contribution in [0.4, 0.5) is 4.79 Å². The molecule has 10 nitrogen and oxygen atoms in total. The molecule has 0 heterocycles. The monoisotopic (exact) mass is 484 g/mol. The summed E-state index contributed by atoms with van der Waals surface area (Å²) in [6.07, 6.45) is -0.699. The number of hydrogen-bond acceptors (Lipinski definition) is 8. The molecule has 1 rings (SSSR count). The fourth-order valence-electron chi connectivity index (χ4n) is 2.85. The third-order valence-corrected chi connectivity index (χ3v) is 4.51. The van der Waals surface area contributed by atoms with Crippen molar-refractivity contribution in [2.24, 2.45) is 0 Å². The van der Waals surface area contributed by atoms with Gasteiger partial charge >= 0.3 is 6.09 Å². The molecule has 1 aromatic rings. The average Bonchev–Trinajstić information content (AvgIpc) is 2.77. The Balaban J connectivity index is 2.55. The molecule has 2 amide bonds. The number of carbonyl (C=O) groups is 2. The van der Waals surface area contributed by atoms with Crippen LogP contribution >= 0.6 is 0 Å². The van der Waals surface area contributed by atoms with Gasteiger partial charge in [-0.25, -0.2) is 4.79 Å². The topological polar surface area (TPSA) is 116 Å². The summed E-state index contributed by atoms with van der Waals surface area (Å²) in [5.41, 5.74) is -0.169. The SMILES string of the molecule is CCN(CCOCCOCCOCCOC)C(=O)C(NC(=O)OC(C)(C)C)c1ccc(O)cc1. The summed E-state index contributed by atoms with van der Waals surface area (Å²) < 4.78 is 26.5. The second kappa shape index (κ2) is 16.3. The summed E-state index contributed by atoms with van der Waals surface area (Å²) in [5, 5.41) is 12.2. The van der Waals surface area contributed by atoms with E-state index in [1.807, 2.05) is 6.92 Å². The number of phenolic OH excluding ortho intramolecular Hbond substituents is 1. The van der Waals surface area contributed by atoms with Crippen LogP contribution in [0, 0.1) is 0 Å². The van der Waals surface area contributed by atoms with Crippen LogP contribution in [-0.2, 0) is 28.5 Å². The van der Waals surface area contributed by atoms with Crippen LogP contribution in [0.5, 0.6) is 5.75 Å². The fraction of sp³-hybridized carbons (Fsp3) is 0.667. The number of phenols is 1. The smallest absolute Gasteiger partial charge is 0.408 e. The van der Waals surface area contributed by atoms with Gasteiger partial charge in [-0.1, -0.05) is 12.1 Å². The zero-order chi connectivity index (χ0) is 25.4. The molecule has 10 heteroatoms. The molecule has 1 atom stereocenters. The van der Waals surface area contributed by atoms with Gasteiger partial charge in [-0.15, -0.1) is 0 Å². The van der Waals surface area contributed by atoms with Crippen molar-refractivity contribution in [3.8, 4) is 5.75 Å². The second-order valence-corrected chi connectivity index (χ2v) is 8.42. The summed E-state index contributed by atoms with van der Waals surface area (Å²) in [5.74, 6) is -0.233. The lowest BCUT2D eigenvalue weighted by atomic mass is 10.1. The fourth-order valence-corrected chi connectivity index (χ4v) is 2.85. The summed E-state index contributed by atoms with van der Waals surface area (Å²) in [6.45, 7) is 11.1. The number of hydrogen-bond donors (Lipinski definition) is 2. The second-order valence-electron chi connectivity index (χ2n) is 8.42. The van der Waals surface area contributed by atoms with Crippen molar-refractivity contribution in [2.75, 3.05) is 66.4 Å². The van der Waals surface area contributed by atoms with Gasteiger partial charge in [-0.3, -0.25) is 4.79 Å². The summed E-state index contributed by atoms with van der Waals surface area (Å²) in [6, 6.07) is 5.16. The van der Waals surface area contributed by atoms with Crippen LogP contribution in [0.25, 0.3) is 0 Å². The normalized spacial score (nSPS) is 12.3. The number of nitrogens with one attached hydrogen (secondary N) is 1. The van der Waals surface area contributed by atoms with E-state index >= 15 is 0 Å². The maximum absolute atomic E-state index is 13.3. The predicted octanol–water partition coefficient (Wildman–Crippen LogP) is 2.50. The number of amides is 2. The lowest BCUT2D eigenvalue weighted by Crippen LogP contribution is -2.45. The molecule has 2 N–H and O–H groups in total. The van der Waals surface area contributed by atoms with Gasteiger partial charge in [-0.05, 0) is 45.4 Å². The van der Waals surface area contributed by atoms with E-state index in [2.05, 4.69) is 5.32 Å². The zero-order valence-electron chi connectivity index (χ0n) is 21.0. The standard InChI is InChI=1S/C24H40N2O8/c1-6-26(11-12-31-15-16-33-18-17-32-14-13-30-5)22(28)21(19-7-9-20(27)10-8-19)25-23(29)34-24(2,3)4/h7-10,21,27H,6,11-18H2,1-5H3,(H,25,29). The molecule has 1 aromatic carbocycles. The number of carbonyl (C=O) groups excluding carboxylic acids is 2. The van der Waals surface area contributed by atoms with E-state index in [9.17, 15) is 14.7 Å². The highest BCUT2D eigenvalue weighted by molar-refractivity contribution is 5.87.